The van der Waals surface area contributed by atoms with Crippen LogP contribution in [0.25, 0.3) is 0 Å². The van der Waals surface area contributed by atoms with Crippen molar-refractivity contribution in [1.29, 1.82) is 0 Å². The van der Waals surface area contributed by atoms with Crippen LogP contribution in [0, 0.1) is 5.41 Å². The van der Waals surface area contributed by atoms with Gasteiger partial charge >= 0.3 is 0 Å². The van der Waals surface area contributed by atoms with E-state index in [9.17, 15) is 0 Å². The molecule has 0 spiro atoms. The van der Waals surface area contributed by atoms with E-state index in [1.807, 2.05) is 12.4 Å². The van der Waals surface area contributed by atoms with Crippen molar-refractivity contribution in [3.63, 3.8) is 0 Å². The standard InChI is InChI=1S/C13H23N3/c1-11(14)13(2,3)10-16(4)9-12-5-7-15-8-6-12/h5-8,11H,9-10,14H2,1-4H3. The third-order valence-electron chi connectivity index (χ3n) is 3.11. The molecule has 1 heterocycles. The summed E-state index contributed by atoms with van der Waals surface area (Å²) in [5.41, 5.74) is 7.41. The van der Waals surface area contributed by atoms with Crippen LogP contribution in [0.5, 0.6) is 0 Å². The lowest BCUT2D eigenvalue weighted by Crippen LogP contribution is -2.42. The minimum absolute atomic E-state index is 0.141. The molecule has 1 aromatic rings. The van der Waals surface area contributed by atoms with Crippen LogP contribution in [0.1, 0.15) is 26.3 Å². The van der Waals surface area contributed by atoms with E-state index in [4.69, 9.17) is 5.73 Å². The Morgan fingerprint density at radius 1 is 1.38 bits per heavy atom. The zero-order valence-electron chi connectivity index (χ0n) is 10.8. The highest BCUT2D eigenvalue weighted by molar-refractivity contribution is 5.09. The molecule has 1 unspecified atom stereocenters. The molecule has 1 atom stereocenters. The van der Waals surface area contributed by atoms with Gasteiger partial charge in [0, 0.05) is 31.5 Å². The number of pyridine rings is 1. The number of hydrogen-bond donors (Lipinski definition) is 1. The first kappa shape index (κ1) is 13.1. The molecule has 3 heteroatoms. The number of nitrogens with zero attached hydrogens (tertiary/aromatic N) is 2. The summed E-state index contributed by atoms with van der Waals surface area (Å²) in [6, 6.07) is 4.30. The lowest BCUT2D eigenvalue weighted by Gasteiger charge is -2.33. The average Bonchev–Trinajstić information content (AvgIpc) is 2.17. The van der Waals surface area contributed by atoms with Gasteiger partial charge in [-0.15, -0.1) is 0 Å². The molecule has 0 radical (unpaired) electrons. The predicted molar refractivity (Wildman–Crippen MR) is 68.0 cm³/mol. The monoisotopic (exact) mass is 221 g/mol. The van der Waals surface area contributed by atoms with Gasteiger partial charge in [-0.05, 0) is 37.1 Å². The van der Waals surface area contributed by atoms with E-state index in [-0.39, 0.29) is 11.5 Å². The van der Waals surface area contributed by atoms with Crippen LogP contribution in [0.2, 0.25) is 0 Å². The molecular formula is C13H23N3. The fourth-order valence-electron chi connectivity index (χ4n) is 1.70. The number of hydrogen-bond acceptors (Lipinski definition) is 3. The Morgan fingerprint density at radius 3 is 2.44 bits per heavy atom. The van der Waals surface area contributed by atoms with Gasteiger partial charge in [-0.3, -0.25) is 4.98 Å². The second-order valence-electron chi connectivity index (χ2n) is 5.31. The normalized spacial score (nSPS) is 14.1. The maximum Gasteiger partial charge on any atom is 0.0271 e. The lowest BCUT2D eigenvalue weighted by atomic mass is 9.85. The largest absolute Gasteiger partial charge is 0.327 e. The molecule has 1 rings (SSSR count). The van der Waals surface area contributed by atoms with Gasteiger partial charge in [0.15, 0.2) is 0 Å². The number of rotatable bonds is 5. The Labute approximate surface area is 98.7 Å². The van der Waals surface area contributed by atoms with E-state index in [2.05, 4.69) is 49.8 Å². The molecule has 0 amide bonds. The van der Waals surface area contributed by atoms with Gasteiger partial charge in [-0.25, -0.2) is 0 Å². The highest BCUT2D eigenvalue weighted by Gasteiger charge is 2.24. The molecule has 0 bridgehead atoms. The Bertz CT molecular complexity index is 306. The van der Waals surface area contributed by atoms with Crippen molar-refractivity contribution in [3.8, 4) is 0 Å². The highest BCUT2D eigenvalue weighted by Crippen LogP contribution is 2.20. The molecule has 0 saturated carbocycles. The van der Waals surface area contributed by atoms with E-state index in [0.29, 0.717) is 0 Å². The van der Waals surface area contributed by atoms with Crippen molar-refractivity contribution in [1.82, 2.24) is 9.88 Å². The van der Waals surface area contributed by atoms with Crippen LogP contribution in [0.3, 0.4) is 0 Å². The Morgan fingerprint density at radius 2 is 1.94 bits per heavy atom. The first-order valence-corrected chi connectivity index (χ1v) is 5.75. The van der Waals surface area contributed by atoms with Gasteiger partial charge in [-0.1, -0.05) is 13.8 Å². The van der Waals surface area contributed by atoms with Crippen molar-refractivity contribution in [2.75, 3.05) is 13.6 Å². The highest BCUT2D eigenvalue weighted by atomic mass is 15.1. The average molecular weight is 221 g/mol. The minimum atomic E-state index is 0.141. The summed E-state index contributed by atoms with van der Waals surface area (Å²) in [6.45, 7) is 8.42. The van der Waals surface area contributed by atoms with E-state index >= 15 is 0 Å². The molecule has 0 saturated heterocycles. The van der Waals surface area contributed by atoms with Crippen LogP contribution < -0.4 is 5.73 Å². The molecule has 0 aromatic carbocycles. The Hall–Kier alpha value is -0.930. The van der Waals surface area contributed by atoms with Crippen molar-refractivity contribution in [2.24, 2.45) is 11.1 Å². The van der Waals surface area contributed by atoms with E-state index < -0.39 is 0 Å². The molecule has 3 nitrogen and oxygen atoms in total. The zero-order chi connectivity index (χ0) is 12.2. The molecule has 2 N–H and O–H groups in total. The topological polar surface area (TPSA) is 42.1 Å². The van der Waals surface area contributed by atoms with Crippen LogP contribution in [0.4, 0.5) is 0 Å². The minimum Gasteiger partial charge on any atom is -0.327 e. The second-order valence-corrected chi connectivity index (χ2v) is 5.31. The summed E-state index contributed by atoms with van der Waals surface area (Å²) >= 11 is 0. The summed E-state index contributed by atoms with van der Waals surface area (Å²) in [6.07, 6.45) is 3.67. The molecule has 0 aliphatic heterocycles. The molecule has 16 heavy (non-hydrogen) atoms. The molecule has 0 aliphatic carbocycles. The smallest absolute Gasteiger partial charge is 0.0271 e. The SMILES string of the molecule is CC(N)C(C)(C)CN(C)Cc1ccncc1. The first-order chi connectivity index (χ1) is 7.42. The van der Waals surface area contributed by atoms with Gasteiger partial charge < -0.3 is 10.6 Å². The van der Waals surface area contributed by atoms with Crippen molar-refractivity contribution in [2.45, 2.75) is 33.4 Å². The zero-order valence-corrected chi connectivity index (χ0v) is 10.8. The van der Waals surface area contributed by atoms with Crippen LogP contribution in [-0.2, 0) is 6.54 Å². The quantitative estimate of drug-likeness (QED) is 0.825. The van der Waals surface area contributed by atoms with E-state index in [1.165, 1.54) is 5.56 Å². The summed E-state index contributed by atoms with van der Waals surface area (Å²) in [4.78, 5) is 6.32. The van der Waals surface area contributed by atoms with Gasteiger partial charge in [0.2, 0.25) is 0 Å². The third-order valence-corrected chi connectivity index (χ3v) is 3.11. The molecule has 0 fully saturated rings. The number of nitrogens with two attached hydrogens (primary N) is 1. The van der Waals surface area contributed by atoms with Crippen molar-refractivity contribution in [3.05, 3.63) is 30.1 Å². The van der Waals surface area contributed by atoms with Gasteiger partial charge in [-0.2, -0.15) is 0 Å². The third kappa shape index (κ3) is 3.91. The van der Waals surface area contributed by atoms with Gasteiger partial charge in [0.05, 0.1) is 0 Å². The summed E-state index contributed by atoms with van der Waals surface area (Å²) < 4.78 is 0. The molecular weight excluding hydrogens is 198 g/mol. The summed E-state index contributed by atoms with van der Waals surface area (Å²) in [5.74, 6) is 0. The molecule has 1 aromatic heterocycles. The van der Waals surface area contributed by atoms with Gasteiger partial charge in [0.1, 0.15) is 0 Å². The first-order valence-electron chi connectivity index (χ1n) is 5.75. The lowest BCUT2D eigenvalue weighted by molar-refractivity contribution is 0.178. The number of aromatic nitrogens is 1. The van der Waals surface area contributed by atoms with Crippen molar-refractivity contribution >= 4 is 0 Å². The maximum absolute atomic E-state index is 5.98. The fraction of sp³-hybridized carbons (Fsp3) is 0.615. The summed E-state index contributed by atoms with van der Waals surface area (Å²) in [7, 11) is 2.13. The van der Waals surface area contributed by atoms with E-state index in [0.717, 1.165) is 13.1 Å². The van der Waals surface area contributed by atoms with Crippen molar-refractivity contribution < 1.29 is 0 Å². The molecule has 0 aliphatic rings. The van der Waals surface area contributed by atoms with E-state index in [1.54, 1.807) is 0 Å². The van der Waals surface area contributed by atoms with Gasteiger partial charge in [0.25, 0.3) is 0 Å². The fourth-order valence-corrected chi connectivity index (χ4v) is 1.70. The van der Waals surface area contributed by atoms with Crippen LogP contribution in [-0.4, -0.2) is 29.5 Å². The molecule has 90 valence electrons. The van der Waals surface area contributed by atoms with Crippen LogP contribution in [0.15, 0.2) is 24.5 Å². The summed E-state index contributed by atoms with van der Waals surface area (Å²) in [5, 5.41) is 0. The Kier molecular flexibility index (Phi) is 4.44. The predicted octanol–water partition coefficient (Wildman–Crippen LogP) is 1.89. The maximum atomic E-state index is 5.98. The second kappa shape index (κ2) is 5.41. The van der Waals surface area contributed by atoms with Crippen LogP contribution >= 0.6 is 0 Å². The Balaban J connectivity index is 2.51.